The number of para-hydroxylation sites is 1. The number of alkyl halides is 2. The van der Waals surface area contributed by atoms with Crippen LogP contribution in [0.5, 0.6) is 11.5 Å². The summed E-state index contributed by atoms with van der Waals surface area (Å²) in [5.74, 6) is 0.106. The SMILES string of the molecule is O=S(=O)(C1CC1)N1CCCN(Cc2cccc3c2OC(F)(F)O3)CC1. The minimum atomic E-state index is -3.63. The molecule has 1 saturated heterocycles. The van der Waals surface area contributed by atoms with Gasteiger partial charge in [-0.1, -0.05) is 12.1 Å². The Hall–Kier alpha value is -1.45. The van der Waals surface area contributed by atoms with Gasteiger partial charge in [0.2, 0.25) is 10.0 Å². The molecule has 0 radical (unpaired) electrons. The molecule has 1 aromatic carbocycles. The van der Waals surface area contributed by atoms with Crippen LogP contribution in [0, 0.1) is 0 Å². The summed E-state index contributed by atoms with van der Waals surface area (Å²) >= 11 is 0. The largest absolute Gasteiger partial charge is 0.586 e. The minimum Gasteiger partial charge on any atom is -0.395 e. The Morgan fingerprint density at radius 3 is 2.68 bits per heavy atom. The van der Waals surface area contributed by atoms with Gasteiger partial charge in [0.05, 0.1) is 5.25 Å². The normalized spacial score (nSPS) is 24.2. The van der Waals surface area contributed by atoms with Gasteiger partial charge >= 0.3 is 6.29 Å². The van der Waals surface area contributed by atoms with Crippen LogP contribution < -0.4 is 9.47 Å². The van der Waals surface area contributed by atoms with E-state index in [1.807, 2.05) is 0 Å². The molecule has 0 unspecified atom stereocenters. The summed E-state index contributed by atoms with van der Waals surface area (Å²) in [5, 5.41) is -0.204. The number of benzene rings is 1. The van der Waals surface area contributed by atoms with Crippen LogP contribution in [0.1, 0.15) is 24.8 Å². The summed E-state index contributed by atoms with van der Waals surface area (Å²) in [6.45, 7) is 2.63. The molecule has 0 aromatic heterocycles. The van der Waals surface area contributed by atoms with Crippen molar-refractivity contribution < 1.29 is 26.7 Å². The molecule has 4 rings (SSSR count). The van der Waals surface area contributed by atoms with E-state index in [9.17, 15) is 17.2 Å². The molecule has 1 aliphatic carbocycles. The average Bonchev–Trinajstić information content (AvgIpc) is 3.34. The molecular formula is C16H20F2N2O4S. The van der Waals surface area contributed by atoms with Gasteiger partial charge in [-0.05, 0) is 31.9 Å². The molecule has 2 aliphatic heterocycles. The van der Waals surface area contributed by atoms with Crippen LogP contribution in [0.2, 0.25) is 0 Å². The third-order valence-electron chi connectivity index (χ3n) is 4.76. The van der Waals surface area contributed by atoms with Gasteiger partial charge < -0.3 is 9.47 Å². The van der Waals surface area contributed by atoms with E-state index in [4.69, 9.17) is 0 Å². The fourth-order valence-electron chi connectivity index (χ4n) is 3.33. The first-order chi connectivity index (χ1) is 11.9. The molecule has 3 aliphatic rings. The lowest BCUT2D eigenvalue weighted by Gasteiger charge is -2.22. The molecule has 1 saturated carbocycles. The van der Waals surface area contributed by atoms with E-state index >= 15 is 0 Å². The maximum Gasteiger partial charge on any atom is 0.586 e. The molecule has 0 bridgehead atoms. The number of nitrogens with zero attached hydrogens (tertiary/aromatic N) is 2. The Balaban J connectivity index is 1.44. The van der Waals surface area contributed by atoms with Gasteiger partial charge in [0.25, 0.3) is 0 Å². The van der Waals surface area contributed by atoms with Crippen LogP contribution in [-0.2, 0) is 16.6 Å². The quantitative estimate of drug-likeness (QED) is 0.807. The summed E-state index contributed by atoms with van der Waals surface area (Å²) < 4.78 is 62.0. The maximum atomic E-state index is 13.3. The average molecular weight is 374 g/mol. The van der Waals surface area contributed by atoms with E-state index in [1.165, 1.54) is 6.07 Å². The van der Waals surface area contributed by atoms with Crippen molar-refractivity contribution in [1.82, 2.24) is 9.21 Å². The Kier molecular flexibility index (Phi) is 4.12. The van der Waals surface area contributed by atoms with Gasteiger partial charge in [0.15, 0.2) is 11.5 Å². The van der Waals surface area contributed by atoms with Gasteiger partial charge in [0, 0.05) is 31.7 Å². The summed E-state index contributed by atoms with van der Waals surface area (Å²) in [6.07, 6.45) is -1.41. The Morgan fingerprint density at radius 1 is 1.12 bits per heavy atom. The van der Waals surface area contributed by atoms with Crippen LogP contribution in [0.4, 0.5) is 8.78 Å². The molecule has 9 heteroatoms. The molecule has 0 amide bonds. The van der Waals surface area contributed by atoms with Crippen molar-refractivity contribution in [2.24, 2.45) is 0 Å². The predicted octanol–water partition coefficient (Wildman–Crippen LogP) is 2.01. The van der Waals surface area contributed by atoms with Crippen LogP contribution >= 0.6 is 0 Å². The second-order valence-electron chi connectivity index (χ2n) is 6.68. The van der Waals surface area contributed by atoms with E-state index in [0.717, 1.165) is 12.8 Å². The highest BCUT2D eigenvalue weighted by Gasteiger charge is 2.44. The highest BCUT2D eigenvalue weighted by molar-refractivity contribution is 7.90. The first kappa shape index (κ1) is 17.0. The Morgan fingerprint density at radius 2 is 1.92 bits per heavy atom. The first-order valence-electron chi connectivity index (χ1n) is 8.44. The van der Waals surface area contributed by atoms with Gasteiger partial charge in [-0.25, -0.2) is 12.7 Å². The summed E-state index contributed by atoms with van der Waals surface area (Å²) in [7, 11) is -3.17. The van der Waals surface area contributed by atoms with Crippen LogP contribution in [0.15, 0.2) is 18.2 Å². The molecule has 6 nitrogen and oxygen atoms in total. The zero-order valence-corrected chi connectivity index (χ0v) is 14.5. The second kappa shape index (κ2) is 6.07. The van der Waals surface area contributed by atoms with Crippen molar-refractivity contribution in [3.05, 3.63) is 23.8 Å². The monoisotopic (exact) mass is 374 g/mol. The molecule has 1 aromatic rings. The van der Waals surface area contributed by atoms with Gasteiger partial charge in [-0.15, -0.1) is 8.78 Å². The molecule has 0 N–H and O–H groups in total. The molecule has 138 valence electrons. The lowest BCUT2D eigenvalue weighted by molar-refractivity contribution is -0.287. The molecular weight excluding hydrogens is 354 g/mol. The molecule has 0 atom stereocenters. The van der Waals surface area contributed by atoms with Crippen molar-refractivity contribution in [2.45, 2.75) is 37.4 Å². The number of ether oxygens (including phenoxy) is 2. The molecule has 2 heterocycles. The van der Waals surface area contributed by atoms with Crippen molar-refractivity contribution in [3.8, 4) is 11.5 Å². The van der Waals surface area contributed by atoms with Gasteiger partial charge in [0.1, 0.15) is 0 Å². The summed E-state index contributed by atoms with van der Waals surface area (Å²) in [4.78, 5) is 2.07. The lowest BCUT2D eigenvalue weighted by Crippen LogP contribution is -2.37. The van der Waals surface area contributed by atoms with Crippen molar-refractivity contribution in [2.75, 3.05) is 26.2 Å². The molecule has 0 spiro atoms. The van der Waals surface area contributed by atoms with Gasteiger partial charge in [-0.3, -0.25) is 4.90 Å². The van der Waals surface area contributed by atoms with E-state index in [1.54, 1.807) is 16.4 Å². The summed E-state index contributed by atoms with van der Waals surface area (Å²) in [5.41, 5.74) is 0.619. The van der Waals surface area contributed by atoms with Crippen molar-refractivity contribution >= 4 is 10.0 Å². The highest BCUT2D eigenvalue weighted by Crippen LogP contribution is 2.43. The molecule has 2 fully saturated rings. The molecule has 25 heavy (non-hydrogen) atoms. The smallest absolute Gasteiger partial charge is 0.395 e. The first-order valence-corrected chi connectivity index (χ1v) is 9.94. The second-order valence-corrected chi connectivity index (χ2v) is 8.90. The number of fused-ring (bicyclic) bond motifs is 1. The highest BCUT2D eigenvalue weighted by atomic mass is 32.2. The van der Waals surface area contributed by atoms with Crippen LogP contribution in [-0.4, -0.2) is 55.3 Å². The summed E-state index contributed by atoms with van der Waals surface area (Å²) in [6, 6.07) is 4.83. The van der Waals surface area contributed by atoms with E-state index in [-0.39, 0.29) is 16.7 Å². The van der Waals surface area contributed by atoms with Gasteiger partial charge in [-0.2, -0.15) is 0 Å². The zero-order valence-electron chi connectivity index (χ0n) is 13.7. The fraction of sp³-hybridized carbons (Fsp3) is 0.625. The topological polar surface area (TPSA) is 59.1 Å². The Bertz CT molecular complexity index is 767. The predicted molar refractivity (Wildman–Crippen MR) is 86.1 cm³/mol. The fourth-order valence-corrected chi connectivity index (χ4v) is 5.20. The van der Waals surface area contributed by atoms with Crippen LogP contribution in [0.3, 0.4) is 0 Å². The third-order valence-corrected chi connectivity index (χ3v) is 7.16. The zero-order chi connectivity index (χ0) is 17.7. The number of sulfonamides is 1. The number of hydrogen-bond acceptors (Lipinski definition) is 5. The van der Waals surface area contributed by atoms with Crippen molar-refractivity contribution in [1.29, 1.82) is 0 Å². The Labute approximate surface area is 145 Å². The van der Waals surface area contributed by atoms with E-state index < -0.39 is 16.3 Å². The maximum absolute atomic E-state index is 13.3. The third kappa shape index (κ3) is 3.45. The number of hydrogen-bond donors (Lipinski definition) is 0. The van der Waals surface area contributed by atoms with Crippen LogP contribution in [0.25, 0.3) is 0 Å². The van der Waals surface area contributed by atoms with E-state index in [2.05, 4.69) is 14.4 Å². The standard InChI is InChI=1S/C16H20F2N2O4S/c17-16(18)23-14-4-1-3-12(15(14)24-16)11-19-7-2-8-20(10-9-19)25(21,22)13-5-6-13/h1,3-4,13H,2,5-11H2. The van der Waals surface area contributed by atoms with Crippen molar-refractivity contribution in [3.63, 3.8) is 0 Å². The van der Waals surface area contributed by atoms with E-state index in [0.29, 0.717) is 44.7 Å². The number of rotatable bonds is 4. The minimum absolute atomic E-state index is 0.0373. The number of halogens is 2. The lowest BCUT2D eigenvalue weighted by atomic mass is 10.1.